The Hall–Kier alpha value is -2.70. The van der Waals surface area contributed by atoms with Gasteiger partial charge in [-0.1, -0.05) is 24.3 Å². The van der Waals surface area contributed by atoms with Gasteiger partial charge in [-0.2, -0.15) is 0 Å². The second-order valence-electron chi connectivity index (χ2n) is 6.25. The minimum Gasteiger partial charge on any atom is -0.433 e. The number of nitrogens with one attached hydrogen (secondary N) is 2. The molecule has 4 rings (SSSR count). The van der Waals surface area contributed by atoms with E-state index < -0.39 is 7.05 Å². The molecular formula is C19H18BN3O2. The number of benzene rings is 2. The van der Waals surface area contributed by atoms with Crippen LogP contribution in [-0.2, 0) is 17.6 Å². The average Bonchev–Trinajstić information content (AvgIpc) is 2.62. The first kappa shape index (κ1) is 15.8. The molecule has 3 aromatic rings. The number of rotatable bonds is 3. The molecule has 2 heterocycles. The first-order valence-electron chi connectivity index (χ1n) is 8.36. The molecule has 6 heteroatoms. The van der Waals surface area contributed by atoms with E-state index in [1.807, 2.05) is 42.5 Å². The summed E-state index contributed by atoms with van der Waals surface area (Å²) < 4.78 is 0. The summed E-state index contributed by atoms with van der Waals surface area (Å²) in [5, 5.41) is 18.1. The number of aromatic nitrogens is 1. The predicted molar refractivity (Wildman–Crippen MR) is 99.8 cm³/mol. The molecule has 25 heavy (non-hydrogen) atoms. The van der Waals surface area contributed by atoms with Gasteiger partial charge >= 0.3 is 7.05 Å². The molecule has 1 aliphatic rings. The maximum Gasteiger partial charge on any atom is 0.413 e. The van der Waals surface area contributed by atoms with Crippen LogP contribution in [0.25, 0.3) is 10.8 Å². The highest BCUT2D eigenvalue weighted by Crippen LogP contribution is 2.19. The quantitative estimate of drug-likeness (QED) is 0.632. The molecule has 0 atom stereocenters. The SMILES string of the molecule is O=C(Cc1cccc2c1CCNB2O)Nc1ccc2cnccc2c1. The molecule has 0 spiro atoms. The summed E-state index contributed by atoms with van der Waals surface area (Å²) in [6.45, 7) is 0.714. The Bertz CT molecular complexity index is 945. The fourth-order valence-electron chi connectivity index (χ4n) is 3.36. The topological polar surface area (TPSA) is 74.2 Å². The van der Waals surface area contributed by atoms with Crippen molar-refractivity contribution in [2.75, 3.05) is 11.9 Å². The second-order valence-corrected chi connectivity index (χ2v) is 6.25. The molecule has 0 aliphatic carbocycles. The Morgan fingerprint density at radius 1 is 1.24 bits per heavy atom. The zero-order valence-electron chi connectivity index (χ0n) is 13.7. The van der Waals surface area contributed by atoms with Gasteiger partial charge in [0, 0.05) is 23.5 Å². The Morgan fingerprint density at radius 3 is 3.08 bits per heavy atom. The van der Waals surface area contributed by atoms with E-state index in [1.54, 1.807) is 12.4 Å². The van der Waals surface area contributed by atoms with Crippen molar-refractivity contribution in [3.05, 3.63) is 66.0 Å². The van der Waals surface area contributed by atoms with Gasteiger partial charge in [0.15, 0.2) is 0 Å². The van der Waals surface area contributed by atoms with Gasteiger partial charge in [-0.15, -0.1) is 0 Å². The van der Waals surface area contributed by atoms with Gasteiger partial charge < -0.3 is 15.6 Å². The molecule has 0 saturated carbocycles. The van der Waals surface area contributed by atoms with E-state index in [9.17, 15) is 9.82 Å². The van der Waals surface area contributed by atoms with Crippen LogP contribution in [0.2, 0.25) is 0 Å². The molecule has 1 aromatic heterocycles. The molecule has 5 nitrogen and oxygen atoms in total. The smallest absolute Gasteiger partial charge is 0.413 e. The Morgan fingerprint density at radius 2 is 2.16 bits per heavy atom. The minimum atomic E-state index is -0.652. The van der Waals surface area contributed by atoms with Crippen LogP contribution in [0.3, 0.4) is 0 Å². The lowest BCUT2D eigenvalue weighted by Crippen LogP contribution is -2.52. The average molecular weight is 331 g/mol. The van der Waals surface area contributed by atoms with Gasteiger partial charge in [-0.3, -0.25) is 9.78 Å². The summed E-state index contributed by atoms with van der Waals surface area (Å²) in [6.07, 6.45) is 4.66. The van der Waals surface area contributed by atoms with E-state index in [2.05, 4.69) is 15.5 Å². The first-order valence-corrected chi connectivity index (χ1v) is 8.36. The van der Waals surface area contributed by atoms with Crippen LogP contribution >= 0.6 is 0 Å². The number of carbonyl (C=O) groups is 1. The normalized spacial score (nSPS) is 13.6. The Balaban J connectivity index is 1.53. The lowest BCUT2D eigenvalue weighted by Gasteiger charge is -2.22. The van der Waals surface area contributed by atoms with Crippen molar-refractivity contribution in [2.24, 2.45) is 0 Å². The van der Waals surface area contributed by atoms with Gasteiger partial charge in [0.25, 0.3) is 0 Å². The van der Waals surface area contributed by atoms with Crippen LogP contribution < -0.4 is 16.0 Å². The summed E-state index contributed by atoms with van der Waals surface area (Å²) in [5.74, 6) is -0.0603. The van der Waals surface area contributed by atoms with Gasteiger partial charge in [-0.25, -0.2) is 0 Å². The van der Waals surface area contributed by atoms with Crippen LogP contribution in [-0.4, -0.2) is 29.5 Å². The molecule has 0 fully saturated rings. The van der Waals surface area contributed by atoms with E-state index in [0.717, 1.165) is 39.5 Å². The number of fused-ring (bicyclic) bond motifs is 2. The van der Waals surface area contributed by atoms with Gasteiger partial charge in [0.1, 0.15) is 0 Å². The van der Waals surface area contributed by atoms with Crippen LogP contribution in [0.5, 0.6) is 0 Å². The van der Waals surface area contributed by atoms with E-state index in [1.165, 1.54) is 0 Å². The number of pyridine rings is 1. The number of hydrogen-bond donors (Lipinski definition) is 3. The van der Waals surface area contributed by atoms with Gasteiger partial charge in [-0.05, 0) is 53.1 Å². The summed E-state index contributed by atoms with van der Waals surface area (Å²) in [4.78, 5) is 16.6. The molecule has 124 valence electrons. The largest absolute Gasteiger partial charge is 0.433 e. The number of hydrogen-bond acceptors (Lipinski definition) is 4. The summed E-state index contributed by atoms with van der Waals surface area (Å²) in [7, 11) is -0.652. The van der Waals surface area contributed by atoms with Crippen molar-refractivity contribution < 1.29 is 9.82 Å². The summed E-state index contributed by atoms with van der Waals surface area (Å²) in [5.41, 5.74) is 3.69. The van der Waals surface area contributed by atoms with E-state index in [0.29, 0.717) is 13.0 Å². The number of amides is 1. The van der Waals surface area contributed by atoms with E-state index in [4.69, 9.17) is 0 Å². The van der Waals surface area contributed by atoms with E-state index in [-0.39, 0.29) is 5.91 Å². The maximum absolute atomic E-state index is 12.5. The van der Waals surface area contributed by atoms with Crippen molar-refractivity contribution in [2.45, 2.75) is 12.8 Å². The van der Waals surface area contributed by atoms with Crippen LogP contribution in [0, 0.1) is 0 Å². The highest BCUT2D eigenvalue weighted by atomic mass is 16.2. The molecule has 1 aliphatic heterocycles. The zero-order valence-corrected chi connectivity index (χ0v) is 13.7. The van der Waals surface area contributed by atoms with Gasteiger partial charge in [0.05, 0.1) is 6.42 Å². The zero-order chi connectivity index (χ0) is 17.2. The standard InChI is InChI=1S/C19H18BN3O2/c24-19(23-16-5-4-15-12-21-8-6-13(15)10-16)11-14-2-1-3-18-17(14)7-9-22-20(18)25/h1-6,8,10,12,22,25H,7,9,11H2,(H,23,24). The maximum atomic E-state index is 12.5. The Labute approximate surface area is 146 Å². The molecule has 2 aromatic carbocycles. The monoisotopic (exact) mass is 331 g/mol. The fourth-order valence-corrected chi connectivity index (χ4v) is 3.36. The minimum absolute atomic E-state index is 0.0603. The van der Waals surface area contributed by atoms with Gasteiger partial charge in [0.2, 0.25) is 5.91 Å². The van der Waals surface area contributed by atoms with Crippen molar-refractivity contribution >= 4 is 34.9 Å². The summed E-state index contributed by atoms with van der Waals surface area (Å²) >= 11 is 0. The highest BCUT2D eigenvalue weighted by Gasteiger charge is 2.24. The number of carbonyl (C=O) groups excluding carboxylic acids is 1. The van der Waals surface area contributed by atoms with Crippen LogP contribution in [0.1, 0.15) is 11.1 Å². The third-order valence-electron chi connectivity index (χ3n) is 4.59. The molecule has 0 bridgehead atoms. The second kappa shape index (κ2) is 6.66. The Kier molecular flexibility index (Phi) is 4.21. The van der Waals surface area contributed by atoms with E-state index >= 15 is 0 Å². The molecular weight excluding hydrogens is 313 g/mol. The third-order valence-corrected chi connectivity index (χ3v) is 4.59. The van der Waals surface area contributed by atoms with Crippen molar-refractivity contribution in [3.8, 4) is 0 Å². The highest BCUT2D eigenvalue weighted by molar-refractivity contribution is 6.64. The van der Waals surface area contributed by atoms with Crippen molar-refractivity contribution in [1.29, 1.82) is 0 Å². The lowest BCUT2D eigenvalue weighted by molar-refractivity contribution is -0.115. The number of nitrogens with zero attached hydrogens (tertiary/aromatic N) is 1. The predicted octanol–water partition coefficient (Wildman–Crippen LogP) is 1.25. The third kappa shape index (κ3) is 3.27. The molecule has 0 saturated heterocycles. The first-order chi connectivity index (χ1) is 12.2. The summed E-state index contributed by atoms with van der Waals surface area (Å²) in [6, 6.07) is 13.5. The molecule has 0 unspecified atom stereocenters. The fraction of sp³-hybridized carbons (Fsp3) is 0.158. The molecule has 1 amide bonds. The van der Waals surface area contributed by atoms with Crippen molar-refractivity contribution in [1.82, 2.24) is 10.2 Å². The van der Waals surface area contributed by atoms with Crippen LogP contribution in [0.4, 0.5) is 5.69 Å². The molecule has 3 N–H and O–H groups in total. The lowest BCUT2D eigenvalue weighted by atomic mass is 9.67. The number of anilines is 1. The molecule has 0 radical (unpaired) electrons. The van der Waals surface area contributed by atoms with Crippen molar-refractivity contribution in [3.63, 3.8) is 0 Å². The van der Waals surface area contributed by atoms with Crippen LogP contribution in [0.15, 0.2) is 54.9 Å².